The molecule has 2 nitrogen and oxygen atoms in total. The van der Waals surface area contributed by atoms with Gasteiger partial charge in [-0.25, -0.2) is 4.39 Å². The van der Waals surface area contributed by atoms with Crippen molar-refractivity contribution in [3.63, 3.8) is 0 Å². The van der Waals surface area contributed by atoms with Crippen LogP contribution in [0, 0.1) is 5.41 Å². The van der Waals surface area contributed by atoms with Gasteiger partial charge in [-0.05, 0) is 17.7 Å². The van der Waals surface area contributed by atoms with Crippen LogP contribution in [0.4, 0.5) is 4.39 Å². The molecule has 0 heterocycles. The van der Waals surface area contributed by atoms with Gasteiger partial charge in [0.05, 0.1) is 7.11 Å². The number of rotatable bonds is 4. The Morgan fingerprint density at radius 3 is 2.27 bits per heavy atom. The normalized spacial score (nSPS) is 13.7. The third-order valence-corrected chi connectivity index (χ3v) is 2.62. The minimum absolute atomic E-state index is 0.320. The summed E-state index contributed by atoms with van der Waals surface area (Å²) in [5.74, 6) is 0.733. The summed E-state index contributed by atoms with van der Waals surface area (Å²) in [5.41, 5.74) is 5.65. The van der Waals surface area contributed by atoms with Gasteiger partial charge >= 0.3 is 0 Å². The van der Waals surface area contributed by atoms with Crippen molar-refractivity contribution in [1.82, 2.24) is 0 Å². The van der Waals surface area contributed by atoms with Gasteiger partial charge in [0.1, 0.15) is 11.9 Å². The molecule has 0 aliphatic carbocycles. The SMILES string of the molecule is COc1ccc(C(F)C(C)(C)CN)cc1. The summed E-state index contributed by atoms with van der Waals surface area (Å²) in [4.78, 5) is 0. The van der Waals surface area contributed by atoms with Gasteiger partial charge in [-0.1, -0.05) is 26.0 Å². The van der Waals surface area contributed by atoms with E-state index in [1.165, 1.54) is 0 Å². The highest BCUT2D eigenvalue weighted by Gasteiger charge is 2.29. The smallest absolute Gasteiger partial charge is 0.131 e. The number of nitrogens with two attached hydrogens (primary N) is 1. The fourth-order valence-electron chi connectivity index (χ4n) is 1.33. The molecular formula is C12H18FNO. The van der Waals surface area contributed by atoms with Gasteiger partial charge in [-0.2, -0.15) is 0 Å². The fraction of sp³-hybridized carbons (Fsp3) is 0.500. The molecule has 0 bridgehead atoms. The van der Waals surface area contributed by atoms with E-state index in [4.69, 9.17) is 10.5 Å². The lowest BCUT2D eigenvalue weighted by Crippen LogP contribution is -2.28. The number of halogens is 1. The molecule has 1 aromatic carbocycles. The van der Waals surface area contributed by atoms with Crippen LogP contribution in [-0.2, 0) is 0 Å². The van der Waals surface area contributed by atoms with Crippen LogP contribution in [0.5, 0.6) is 5.75 Å². The molecule has 2 N–H and O–H groups in total. The predicted molar refractivity (Wildman–Crippen MR) is 59.7 cm³/mol. The van der Waals surface area contributed by atoms with E-state index in [0.717, 1.165) is 5.75 Å². The maximum Gasteiger partial charge on any atom is 0.131 e. The van der Waals surface area contributed by atoms with Gasteiger partial charge < -0.3 is 10.5 Å². The maximum atomic E-state index is 14.0. The number of benzene rings is 1. The first-order valence-electron chi connectivity index (χ1n) is 4.99. The van der Waals surface area contributed by atoms with E-state index in [1.54, 1.807) is 31.4 Å². The molecule has 1 unspecified atom stereocenters. The molecule has 0 spiro atoms. The molecule has 1 aromatic rings. The molecule has 1 atom stereocenters. The van der Waals surface area contributed by atoms with E-state index < -0.39 is 11.6 Å². The molecule has 84 valence electrons. The molecule has 0 fully saturated rings. The largest absolute Gasteiger partial charge is 0.497 e. The molecule has 0 amide bonds. The van der Waals surface area contributed by atoms with Crippen molar-refractivity contribution in [3.05, 3.63) is 29.8 Å². The lowest BCUT2D eigenvalue weighted by molar-refractivity contribution is 0.153. The van der Waals surface area contributed by atoms with Crippen molar-refractivity contribution in [2.24, 2.45) is 11.1 Å². The monoisotopic (exact) mass is 211 g/mol. The fourth-order valence-corrected chi connectivity index (χ4v) is 1.33. The molecule has 3 heteroatoms. The molecule has 0 saturated heterocycles. The van der Waals surface area contributed by atoms with Gasteiger partial charge in [0.2, 0.25) is 0 Å². The second-order valence-corrected chi connectivity index (χ2v) is 4.33. The molecule has 15 heavy (non-hydrogen) atoms. The Morgan fingerprint density at radius 1 is 1.33 bits per heavy atom. The summed E-state index contributed by atoms with van der Waals surface area (Å²) in [7, 11) is 1.59. The van der Waals surface area contributed by atoms with Gasteiger partial charge in [0, 0.05) is 12.0 Å². The van der Waals surface area contributed by atoms with Crippen molar-refractivity contribution in [2.75, 3.05) is 13.7 Å². The van der Waals surface area contributed by atoms with E-state index in [9.17, 15) is 4.39 Å². The first-order valence-corrected chi connectivity index (χ1v) is 4.99. The van der Waals surface area contributed by atoms with Crippen LogP contribution in [0.15, 0.2) is 24.3 Å². The number of alkyl halides is 1. The van der Waals surface area contributed by atoms with Crippen molar-refractivity contribution in [3.8, 4) is 5.75 Å². The van der Waals surface area contributed by atoms with Gasteiger partial charge in [-0.3, -0.25) is 0 Å². The van der Waals surface area contributed by atoms with Crippen LogP contribution in [0.25, 0.3) is 0 Å². The second kappa shape index (κ2) is 4.62. The molecule has 0 saturated carbocycles. The van der Waals surface area contributed by atoms with Crippen molar-refractivity contribution in [2.45, 2.75) is 20.0 Å². The Hall–Kier alpha value is -1.09. The molecule has 0 aliphatic heterocycles. The van der Waals surface area contributed by atoms with E-state index in [1.807, 2.05) is 13.8 Å². The Labute approximate surface area is 90.2 Å². The van der Waals surface area contributed by atoms with E-state index >= 15 is 0 Å². The van der Waals surface area contributed by atoms with Crippen molar-refractivity contribution >= 4 is 0 Å². The van der Waals surface area contributed by atoms with E-state index in [2.05, 4.69) is 0 Å². The van der Waals surface area contributed by atoms with Crippen LogP contribution in [0.3, 0.4) is 0 Å². The summed E-state index contributed by atoms with van der Waals surface area (Å²) < 4.78 is 19.0. The van der Waals surface area contributed by atoms with E-state index in [-0.39, 0.29) is 0 Å². The molecular weight excluding hydrogens is 193 g/mol. The lowest BCUT2D eigenvalue weighted by Gasteiger charge is -2.27. The van der Waals surface area contributed by atoms with Crippen LogP contribution >= 0.6 is 0 Å². The average Bonchev–Trinajstić information content (AvgIpc) is 2.28. The maximum absolute atomic E-state index is 14.0. The van der Waals surface area contributed by atoms with Gasteiger partial charge in [-0.15, -0.1) is 0 Å². The zero-order valence-corrected chi connectivity index (χ0v) is 9.46. The summed E-state index contributed by atoms with van der Waals surface area (Å²) in [6.07, 6.45) is -1.05. The summed E-state index contributed by atoms with van der Waals surface area (Å²) in [6, 6.07) is 6.99. The molecule has 1 rings (SSSR count). The summed E-state index contributed by atoms with van der Waals surface area (Å²) in [6.45, 7) is 3.96. The predicted octanol–water partition coefficient (Wildman–Crippen LogP) is 2.69. The second-order valence-electron chi connectivity index (χ2n) is 4.33. The number of hydrogen-bond donors (Lipinski definition) is 1. The average molecular weight is 211 g/mol. The van der Waals surface area contributed by atoms with Crippen LogP contribution in [0.1, 0.15) is 25.6 Å². The molecule has 0 radical (unpaired) electrons. The van der Waals surface area contributed by atoms with Gasteiger partial charge in [0.15, 0.2) is 0 Å². The Balaban J connectivity index is 2.87. The highest BCUT2D eigenvalue weighted by atomic mass is 19.1. The summed E-state index contributed by atoms with van der Waals surface area (Å²) in [5, 5.41) is 0. The topological polar surface area (TPSA) is 35.2 Å². The highest BCUT2D eigenvalue weighted by Crippen LogP contribution is 2.36. The minimum atomic E-state index is -1.05. The third-order valence-electron chi connectivity index (χ3n) is 2.62. The third kappa shape index (κ3) is 2.69. The van der Waals surface area contributed by atoms with Crippen molar-refractivity contribution in [1.29, 1.82) is 0 Å². The summed E-state index contributed by atoms with van der Waals surface area (Å²) >= 11 is 0. The van der Waals surface area contributed by atoms with E-state index in [0.29, 0.717) is 12.1 Å². The van der Waals surface area contributed by atoms with Crippen molar-refractivity contribution < 1.29 is 9.13 Å². The van der Waals surface area contributed by atoms with Crippen LogP contribution < -0.4 is 10.5 Å². The molecule has 0 aliphatic rings. The first-order chi connectivity index (χ1) is 7.01. The Bertz CT molecular complexity index is 308. The quantitative estimate of drug-likeness (QED) is 0.831. The number of methoxy groups -OCH3 is 1. The minimum Gasteiger partial charge on any atom is -0.497 e. The Kier molecular flexibility index (Phi) is 3.69. The lowest BCUT2D eigenvalue weighted by atomic mass is 9.84. The molecule has 0 aromatic heterocycles. The highest BCUT2D eigenvalue weighted by molar-refractivity contribution is 5.29. The van der Waals surface area contributed by atoms with Gasteiger partial charge in [0.25, 0.3) is 0 Å². The zero-order chi connectivity index (χ0) is 11.5. The Morgan fingerprint density at radius 2 is 1.87 bits per heavy atom. The number of ether oxygens (including phenoxy) is 1. The standard InChI is InChI=1S/C12H18FNO/c1-12(2,8-14)11(13)9-4-6-10(15-3)7-5-9/h4-7,11H,8,14H2,1-3H3. The van der Waals surface area contributed by atoms with Crippen LogP contribution in [-0.4, -0.2) is 13.7 Å². The number of hydrogen-bond acceptors (Lipinski definition) is 2. The zero-order valence-electron chi connectivity index (χ0n) is 9.46. The van der Waals surface area contributed by atoms with Crippen LogP contribution in [0.2, 0.25) is 0 Å². The first kappa shape index (κ1) is 12.0.